The molecule has 0 radical (unpaired) electrons. The Hall–Kier alpha value is -1.09. The first-order valence-electron chi connectivity index (χ1n) is 7.40. The maximum absolute atomic E-state index is 11.9. The zero-order chi connectivity index (χ0) is 13.9. The third kappa shape index (κ3) is 3.93. The first-order valence-corrected chi connectivity index (χ1v) is 7.40. The first kappa shape index (κ1) is 14.3. The van der Waals surface area contributed by atoms with Crippen LogP contribution in [0.3, 0.4) is 0 Å². The van der Waals surface area contributed by atoms with Crippen molar-refractivity contribution in [2.75, 3.05) is 13.1 Å². The van der Waals surface area contributed by atoms with Gasteiger partial charge in [0, 0.05) is 24.8 Å². The number of fused-ring (bicyclic) bond motifs is 1. The van der Waals surface area contributed by atoms with E-state index in [1.807, 2.05) is 10.6 Å². The van der Waals surface area contributed by atoms with Crippen LogP contribution in [0.2, 0.25) is 0 Å². The van der Waals surface area contributed by atoms with Crippen LogP contribution in [0.5, 0.6) is 0 Å². The number of nitrogens with one attached hydrogen (secondary N) is 1. The first-order chi connectivity index (χ1) is 8.97. The Labute approximate surface area is 116 Å². The number of aromatic nitrogens is 1. The standard InChI is InChI=1S/C16H26N2O/c1-16(2,3)9-10-17-11-12-18-14-6-4-5-13(14)7-8-15(18)19/h7-8,17H,4-6,9-12H2,1-3H3. The normalized spacial score (nSPS) is 14.7. The number of rotatable bonds is 5. The topological polar surface area (TPSA) is 34.0 Å². The Morgan fingerprint density at radius 3 is 2.74 bits per heavy atom. The van der Waals surface area contributed by atoms with Crippen molar-refractivity contribution in [3.63, 3.8) is 0 Å². The molecule has 0 atom stereocenters. The number of hydrogen-bond donors (Lipinski definition) is 1. The Balaban J connectivity index is 1.87. The molecule has 1 aromatic heterocycles. The van der Waals surface area contributed by atoms with Crippen molar-refractivity contribution in [2.24, 2.45) is 5.41 Å². The zero-order valence-electron chi connectivity index (χ0n) is 12.5. The van der Waals surface area contributed by atoms with E-state index in [4.69, 9.17) is 0 Å². The largest absolute Gasteiger partial charge is 0.315 e. The van der Waals surface area contributed by atoms with Gasteiger partial charge in [0.05, 0.1) is 0 Å². The molecule has 0 saturated carbocycles. The molecule has 1 N–H and O–H groups in total. The third-order valence-corrected chi connectivity index (χ3v) is 3.81. The van der Waals surface area contributed by atoms with Gasteiger partial charge >= 0.3 is 0 Å². The van der Waals surface area contributed by atoms with Crippen LogP contribution < -0.4 is 10.9 Å². The average molecular weight is 262 g/mol. The maximum atomic E-state index is 11.9. The van der Waals surface area contributed by atoms with Crippen LogP contribution in [0.1, 0.15) is 44.9 Å². The van der Waals surface area contributed by atoms with Gasteiger partial charge in [0.25, 0.3) is 5.56 Å². The van der Waals surface area contributed by atoms with Crippen LogP contribution in [0.15, 0.2) is 16.9 Å². The van der Waals surface area contributed by atoms with E-state index in [-0.39, 0.29) is 5.56 Å². The SMILES string of the molecule is CC(C)(C)CCNCCn1c2c(ccc1=O)CCC2. The summed E-state index contributed by atoms with van der Waals surface area (Å²) in [6.07, 6.45) is 4.55. The van der Waals surface area contributed by atoms with E-state index in [1.165, 1.54) is 17.7 Å². The van der Waals surface area contributed by atoms with Crippen molar-refractivity contribution < 1.29 is 0 Å². The van der Waals surface area contributed by atoms with Gasteiger partial charge in [0.15, 0.2) is 0 Å². The molecule has 0 spiro atoms. The Bertz CT molecular complexity index is 483. The second kappa shape index (κ2) is 5.91. The molecule has 1 aliphatic rings. The van der Waals surface area contributed by atoms with Crippen molar-refractivity contribution in [2.45, 2.75) is 53.0 Å². The summed E-state index contributed by atoms with van der Waals surface area (Å²) in [6.45, 7) is 9.46. The lowest BCUT2D eigenvalue weighted by Crippen LogP contribution is -2.30. The number of aryl methyl sites for hydroxylation is 1. The molecule has 1 heterocycles. The molecule has 3 nitrogen and oxygen atoms in total. The van der Waals surface area contributed by atoms with Crippen LogP contribution in [0.25, 0.3) is 0 Å². The van der Waals surface area contributed by atoms with E-state index >= 15 is 0 Å². The molecular formula is C16H26N2O. The highest BCUT2D eigenvalue weighted by atomic mass is 16.1. The summed E-state index contributed by atoms with van der Waals surface area (Å²) in [4.78, 5) is 11.9. The van der Waals surface area contributed by atoms with Gasteiger partial charge in [0.1, 0.15) is 0 Å². The average Bonchev–Trinajstić information content (AvgIpc) is 2.78. The molecule has 0 aromatic carbocycles. The van der Waals surface area contributed by atoms with Crippen molar-refractivity contribution in [1.82, 2.24) is 9.88 Å². The lowest BCUT2D eigenvalue weighted by atomic mass is 9.92. The highest BCUT2D eigenvalue weighted by Crippen LogP contribution is 2.19. The summed E-state index contributed by atoms with van der Waals surface area (Å²) in [7, 11) is 0. The quantitative estimate of drug-likeness (QED) is 0.827. The molecule has 1 aliphatic carbocycles. The van der Waals surface area contributed by atoms with Gasteiger partial charge in [-0.1, -0.05) is 26.8 Å². The summed E-state index contributed by atoms with van der Waals surface area (Å²) in [5, 5.41) is 3.45. The van der Waals surface area contributed by atoms with Gasteiger partial charge in [-0.05, 0) is 43.2 Å². The number of hydrogen-bond acceptors (Lipinski definition) is 2. The Kier molecular flexibility index (Phi) is 4.46. The maximum Gasteiger partial charge on any atom is 0.250 e. The van der Waals surface area contributed by atoms with Crippen LogP contribution in [0.4, 0.5) is 0 Å². The van der Waals surface area contributed by atoms with Crippen LogP contribution >= 0.6 is 0 Å². The van der Waals surface area contributed by atoms with E-state index in [1.54, 1.807) is 6.07 Å². The molecule has 106 valence electrons. The van der Waals surface area contributed by atoms with Crippen LogP contribution in [-0.4, -0.2) is 17.7 Å². The van der Waals surface area contributed by atoms with Gasteiger partial charge < -0.3 is 9.88 Å². The van der Waals surface area contributed by atoms with E-state index in [2.05, 4.69) is 26.1 Å². The van der Waals surface area contributed by atoms with Gasteiger partial charge in [-0.15, -0.1) is 0 Å². The molecule has 0 fully saturated rings. The molecule has 19 heavy (non-hydrogen) atoms. The predicted octanol–water partition coefficient (Wildman–Crippen LogP) is 2.36. The van der Waals surface area contributed by atoms with E-state index in [0.717, 1.165) is 38.9 Å². The smallest absolute Gasteiger partial charge is 0.250 e. The summed E-state index contributed by atoms with van der Waals surface area (Å²) < 4.78 is 1.96. The minimum atomic E-state index is 0.151. The van der Waals surface area contributed by atoms with E-state index in [0.29, 0.717) is 5.41 Å². The highest BCUT2D eigenvalue weighted by molar-refractivity contribution is 5.25. The Morgan fingerprint density at radius 2 is 2.00 bits per heavy atom. The lowest BCUT2D eigenvalue weighted by molar-refractivity contribution is 0.365. The molecule has 3 heteroatoms. The minimum Gasteiger partial charge on any atom is -0.315 e. The lowest BCUT2D eigenvalue weighted by Gasteiger charge is -2.18. The van der Waals surface area contributed by atoms with Crippen molar-refractivity contribution in [1.29, 1.82) is 0 Å². The monoisotopic (exact) mass is 262 g/mol. The second-order valence-corrected chi connectivity index (χ2v) is 6.71. The predicted molar refractivity (Wildman–Crippen MR) is 79.7 cm³/mol. The molecular weight excluding hydrogens is 236 g/mol. The summed E-state index contributed by atoms with van der Waals surface area (Å²) in [5.41, 5.74) is 3.16. The number of nitrogens with zero attached hydrogens (tertiary/aromatic N) is 1. The van der Waals surface area contributed by atoms with E-state index in [9.17, 15) is 4.79 Å². The molecule has 0 unspecified atom stereocenters. The van der Waals surface area contributed by atoms with Crippen LogP contribution in [-0.2, 0) is 19.4 Å². The molecule has 2 rings (SSSR count). The summed E-state index contributed by atoms with van der Waals surface area (Å²) in [5.74, 6) is 0. The molecule has 0 aliphatic heterocycles. The second-order valence-electron chi connectivity index (χ2n) is 6.71. The number of pyridine rings is 1. The fourth-order valence-electron chi connectivity index (χ4n) is 2.66. The highest BCUT2D eigenvalue weighted by Gasteiger charge is 2.15. The van der Waals surface area contributed by atoms with Gasteiger partial charge in [0.2, 0.25) is 0 Å². The molecule has 0 amide bonds. The fourth-order valence-corrected chi connectivity index (χ4v) is 2.66. The van der Waals surface area contributed by atoms with Crippen molar-refractivity contribution in [3.8, 4) is 0 Å². The van der Waals surface area contributed by atoms with E-state index < -0.39 is 0 Å². The minimum absolute atomic E-state index is 0.151. The Morgan fingerprint density at radius 1 is 1.21 bits per heavy atom. The van der Waals surface area contributed by atoms with Crippen molar-refractivity contribution >= 4 is 0 Å². The van der Waals surface area contributed by atoms with Gasteiger partial charge in [-0.2, -0.15) is 0 Å². The van der Waals surface area contributed by atoms with Crippen molar-refractivity contribution in [3.05, 3.63) is 33.7 Å². The fraction of sp³-hybridized carbons (Fsp3) is 0.688. The zero-order valence-corrected chi connectivity index (χ0v) is 12.5. The summed E-state index contributed by atoms with van der Waals surface area (Å²) in [6, 6.07) is 3.73. The molecule has 0 bridgehead atoms. The molecule has 1 aromatic rings. The summed E-state index contributed by atoms with van der Waals surface area (Å²) >= 11 is 0. The molecule has 0 saturated heterocycles. The van der Waals surface area contributed by atoms with Gasteiger partial charge in [-0.25, -0.2) is 0 Å². The third-order valence-electron chi connectivity index (χ3n) is 3.81. The van der Waals surface area contributed by atoms with Gasteiger partial charge in [-0.3, -0.25) is 4.79 Å². The van der Waals surface area contributed by atoms with Crippen LogP contribution in [0, 0.1) is 5.41 Å².